The third-order valence-electron chi connectivity index (χ3n) is 5.49. The molecule has 0 radical (unpaired) electrons. The van der Waals surface area contributed by atoms with Crippen molar-refractivity contribution in [3.8, 4) is 5.88 Å². The Labute approximate surface area is 130 Å². The third kappa shape index (κ3) is 2.14. The van der Waals surface area contributed by atoms with Crippen molar-refractivity contribution in [3.63, 3.8) is 0 Å². The van der Waals surface area contributed by atoms with Crippen LogP contribution in [0.3, 0.4) is 0 Å². The summed E-state index contributed by atoms with van der Waals surface area (Å²) in [7, 11) is 0. The summed E-state index contributed by atoms with van der Waals surface area (Å²) in [6.45, 7) is 4.05. The monoisotopic (exact) mass is 310 g/mol. The highest BCUT2D eigenvalue weighted by Crippen LogP contribution is 2.65. The van der Waals surface area contributed by atoms with Crippen LogP contribution < -0.4 is 5.32 Å². The van der Waals surface area contributed by atoms with Crippen LogP contribution in [-0.4, -0.2) is 21.0 Å². The number of nitrogens with one attached hydrogen (secondary N) is 1. The number of oxazole rings is 1. The van der Waals surface area contributed by atoms with E-state index in [9.17, 15) is 5.11 Å². The van der Waals surface area contributed by atoms with Gasteiger partial charge in [0.25, 0.3) is 11.9 Å². The number of nitrogens with zero attached hydrogens (tertiary/aromatic N) is 1. The number of hydrogen-bond acceptors (Lipinski definition) is 4. The molecule has 2 unspecified atom stereocenters. The highest BCUT2D eigenvalue weighted by molar-refractivity contribution is 6.24. The second kappa shape index (κ2) is 4.31. The van der Waals surface area contributed by atoms with Crippen molar-refractivity contribution in [2.45, 2.75) is 68.7 Å². The maximum Gasteiger partial charge on any atom is 0.298 e. The van der Waals surface area contributed by atoms with Crippen LogP contribution in [0.5, 0.6) is 5.88 Å². The van der Waals surface area contributed by atoms with Crippen LogP contribution in [0.15, 0.2) is 4.42 Å². The van der Waals surface area contributed by atoms with Gasteiger partial charge in [-0.15, -0.1) is 11.6 Å². The van der Waals surface area contributed by atoms with Crippen molar-refractivity contribution >= 4 is 17.6 Å². The SMILES string of the molecule is CC(C)Nc1nc(O)c(C23CC4CC(CC(Cl)(C4)C2)C3)o1. The van der Waals surface area contributed by atoms with E-state index in [1.165, 1.54) is 6.42 Å². The topological polar surface area (TPSA) is 58.3 Å². The van der Waals surface area contributed by atoms with Gasteiger partial charge in [-0.05, 0) is 64.2 Å². The van der Waals surface area contributed by atoms with Gasteiger partial charge in [0.05, 0.1) is 0 Å². The van der Waals surface area contributed by atoms with Gasteiger partial charge in [-0.3, -0.25) is 0 Å². The molecule has 1 aromatic rings. The van der Waals surface area contributed by atoms with E-state index in [4.69, 9.17) is 16.0 Å². The highest BCUT2D eigenvalue weighted by atomic mass is 35.5. The summed E-state index contributed by atoms with van der Waals surface area (Å²) in [5, 5.41) is 13.4. The normalized spacial score (nSPS) is 41.0. The molecule has 0 saturated heterocycles. The first-order valence-corrected chi connectivity index (χ1v) is 8.41. The van der Waals surface area contributed by atoms with E-state index in [0.29, 0.717) is 23.6 Å². The van der Waals surface area contributed by atoms with Crippen molar-refractivity contribution in [2.75, 3.05) is 5.32 Å². The Balaban J connectivity index is 1.71. The molecule has 4 saturated carbocycles. The summed E-state index contributed by atoms with van der Waals surface area (Å²) in [5.74, 6) is 2.08. The lowest BCUT2D eigenvalue weighted by Crippen LogP contribution is -2.55. The predicted molar refractivity (Wildman–Crippen MR) is 81.9 cm³/mol. The molecule has 4 aliphatic carbocycles. The van der Waals surface area contributed by atoms with Gasteiger partial charge in [0, 0.05) is 16.3 Å². The number of alkyl halides is 1. The lowest BCUT2D eigenvalue weighted by molar-refractivity contribution is -0.00266. The van der Waals surface area contributed by atoms with E-state index in [-0.39, 0.29) is 22.2 Å². The molecule has 2 atom stereocenters. The van der Waals surface area contributed by atoms with E-state index >= 15 is 0 Å². The van der Waals surface area contributed by atoms with Gasteiger partial charge in [-0.2, -0.15) is 4.98 Å². The minimum Gasteiger partial charge on any atom is -0.491 e. The van der Waals surface area contributed by atoms with Gasteiger partial charge in [-0.25, -0.2) is 0 Å². The Morgan fingerprint density at radius 3 is 2.52 bits per heavy atom. The van der Waals surface area contributed by atoms with Gasteiger partial charge in [0.2, 0.25) is 0 Å². The quantitative estimate of drug-likeness (QED) is 0.828. The average Bonchev–Trinajstić information content (AvgIpc) is 2.66. The van der Waals surface area contributed by atoms with Crippen LogP contribution in [-0.2, 0) is 5.41 Å². The van der Waals surface area contributed by atoms with Crippen molar-refractivity contribution in [3.05, 3.63) is 5.76 Å². The summed E-state index contributed by atoms with van der Waals surface area (Å²) in [4.78, 5) is 4.08. The molecule has 5 rings (SSSR count). The largest absolute Gasteiger partial charge is 0.491 e. The van der Waals surface area contributed by atoms with Gasteiger partial charge in [0.15, 0.2) is 5.76 Å². The maximum atomic E-state index is 10.3. The average molecular weight is 311 g/mol. The Morgan fingerprint density at radius 1 is 1.29 bits per heavy atom. The van der Waals surface area contributed by atoms with Crippen LogP contribution in [0, 0.1) is 11.8 Å². The van der Waals surface area contributed by atoms with Gasteiger partial charge >= 0.3 is 0 Å². The number of halogens is 1. The van der Waals surface area contributed by atoms with Crippen LogP contribution >= 0.6 is 11.6 Å². The van der Waals surface area contributed by atoms with Crippen molar-refractivity contribution in [1.29, 1.82) is 0 Å². The van der Waals surface area contributed by atoms with Gasteiger partial charge in [-0.1, -0.05) is 0 Å². The second-order valence-corrected chi connectivity index (χ2v) is 8.66. The number of hydrogen-bond donors (Lipinski definition) is 2. The van der Waals surface area contributed by atoms with E-state index in [0.717, 1.165) is 32.1 Å². The highest BCUT2D eigenvalue weighted by Gasteiger charge is 2.60. The molecule has 1 aromatic heterocycles. The number of aromatic hydroxyl groups is 1. The standard InChI is InChI=1S/C16H23ClN2O2/c1-9(2)18-14-19-13(20)12(21-14)15-4-10-3-11(5-15)7-16(17,6-10)8-15/h9-11,20H,3-8H2,1-2H3,(H,18,19). The Hall–Kier alpha value is -0.900. The zero-order valence-corrected chi connectivity index (χ0v) is 13.4. The molecule has 4 aliphatic rings. The number of aromatic nitrogens is 1. The van der Waals surface area contributed by atoms with Crippen molar-refractivity contribution in [1.82, 2.24) is 4.98 Å². The fourth-order valence-corrected chi connectivity index (χ4v) is 6.07. The maximum absolute atomic E-state index is 10.3. The molecule has 0 spiro atoms. The fourth-order valence-electron chi connectivity index (χ4n) is 5.38. The zero-order chi connectivity index (χ0) is 14.8. The van der Waals surface area contributed by atoms with E-state index in [1.54, 1.807) is 0 Å². The Kier molecular flexibility index (Phi) is 2.82. The van der Waals surface area contributed by atoms with E-state index < -0.39 is 0 Å². The molecule has 0 amide bonds. The first-order chi connectivity index (χ1) is 9.87. The molecule has 4 fully saturated rings. The molecule has 0 aliphatic heterocycles. The summed E-state index contributed by atoms with van der Waals surface area (Å²) in [6.07, 6.45) is 6.63. The minimum atomic E-state index is -0.0974. The lowest BCUT2D eigenvalue weighted by Gasteiger charge is -2.59. The third-order valence-corrected chi connectivity index (χ3v) is 5.94. The van der Waals surface area contributed by atoms with Crippen molar-refractivity contribution < 1.29 is 9.52 Å². The van der Waals surface area contributed by atoms with E-state index in [2.05, 4.69) is 10.3 Å². The lowest BCUT2D eigenvalue weighted by atomic mass is 9.48. The van der Waals surface area contributed by atoms with Crippen molar-refractivity contribution in [2.24, 2.45) is 11.8 Å². The van der Waals surface area contributed by atoms with Crippen LogP contribution in [0.1, 0.15) is 58.1 Å². The molecule has 4 nitrogen and oxygen atoms in total. The molecular formula is C16H23ClN2O2. The molecule has 1 heterocycles. The fraction of sp³-hybridized carbons (Fsp3) is 0.812. The van der Waals surface area contributed by atoms with Crippen LogP contribution in [0.25, 0.3) is 0 Å². The minimum absolute atomic E-state index is 0.0559. The Morgan fingerprint density at radius 2 is 1.95 bits per heavy atom. The first-order valence-electron chi connectivity index (χ1n) is 8.03. The van der Waals surface area contributed by atoms with Crippen LogP contribution in [0.2, 0.25) is 0 Å². The molecule has 4 bridgehead atoms. The summed E-state index contributed by atoms with van der Waals surface area (Å²) < 4.78 is 5.92. The Bertz CT molecular complexity index is 555. The van der Waals surface area contributed by atoms with Gasteiger partial charge < -0.3 is 14.8 Å². The molecular weight excluding hydrogens is 288 g/mol. The van der Waals surface area contributed by atoms with Crippen LogP contribution in [0.4, 0.5) is 6.01 Å². The zero-order valence-electron chi connectivity index (χ0n) is 12.7. The molecule has 0 aromatic carbocycles. The molecule has 2 N–H and O–H groups in total. The predicted octanol–water partition coefficient (Wildman–Crippen LogP) is 4.03. The summed E-state index contributed by atoms with van der Waals surface area (Å²) >= 11 is 6.85. The number of anilines is 1. The van der Waals surface area contributed by atoms with E-state index in [1.807, 2.05) is 13.8 Å². The first kappa shape index (κ1) is 13.7. The second-order valence-electron chi connectivity index (χ2n) is 7.86. The summed E-state index contributed by atoms with van der Waals surface area (Å²) in [6, 6.07) is 0.656. The molecule has 21 heavy (non-hydrogen) atoms. The van der Waals surface area contributed by atoms with Gasteiger partial charge in [0.1, 0.15) is 0 Å². The molecule has 116 valence electrons. The molecule has 5 heteroatoms. The number of rotatable bonds is 3. The summed E-state index contributed by atoms with van der Waals surface area (Å²) in [5.41, 5.74) is -0.0974. The smallest absolute Gasteiger partial charge is 0.298 e.